The van der Waals surface area contributed by atoms with E-state index in [1.807, 2.05) is 0 Å². The van der Waals surface area contributed by atoms with Crippen LogP contribution in [0.5, 0.6) is 0 Å². The van der Waals surface area contributed by atoms with Gasteiger partial charge in [0, 0.05) is 12.8 Å². The first-order valence-electron chi connectivity index (χ1n) is 39.4. The second-order valence-electron chi connectivity index (χ2n) is 26.8. The Hall–Kier alpha value is -0.280. The van der Waals surface area contributed by atoms with Gasteiger partial charge in [0.25, 0.3) is 0 Å². The predicted octanol–water partition coefficient (Wildman–Crippen LogP) is 26.7. The monoisotopic (exact) mass is 1210 g/mol. The summed E-state index contributed by atoms with van der Waals surface area (Å²) in [5.41, 5.74) is 0. The molecule has 0 amide bonds. The summed E-state index contributed by atoms with van der Waals surface area (Å²) in [4.78, 5) is 0. The number of rotatable bonds is 76. The van der Waals surface area contributed by atoms with E-state index in [0.29, 0.717) is 0 Å². The van der Waals surface area contributed by atoms with Gasteiger partial charge in [-0.25, -0.2) is 0 Å². The molecule has 0 rings (SSSR count). The molecule has 0 aromatic heterocycles. The summed E-state index contributed by atoms with van der Waals surface area (Å²) in [6.07, 6.45) is 74.3. The Balaban J connectivity index is 7.03. The van der Waals surface area contributed by atoms with Crippen LogP contribution >= 0.6 is 0 Å². The minimum Gasteiger partial charge on any atom is -0.347 e. The third-order valence-corrected chi connectivity index (χ3v) is 18.5. The van der Waals surface area contributed by atoms with Gasteiger partial charge in [0.05, 0.1) is 26.4 Å². The van der Waals surface area contributed by atoms with Gasteiger partial charge in [0.1, 0.15) is 25.8 Å². The van der Waals surface area contributed by atoms with Crippen LogP contribution < -0.4 is 0 Å². The van der Waals surface area contributed by atoms with Gasteiger partial charge in [-0.3, -0.25) is 0 Å². The highest BCUT2D eigenvalue weighted by Gasteiger charge is 2.43. The van der Waals surface area contributed by atoms with Crippen molar-refractivity contribution in [1.82, 2.24) is 0 Å². The molecule has 0 saturated heterocycles. The summed E-state index contributed by atoms with van der Waals surface area (Å²) < 4.78 is 50.2. The van der Waals surface area contributed by atoms with E-state index >= 15 is 0 Å². The normalized spacial score (nSPS) is 13.0. The van der Waals surface area contributed by atoms with Gasteiger partial charge in [-0.15, -0.1) is 0 Å². The van der Waals surface area contributed by atoms with E-state index in [-0.39, 0.29) is 25.8 Å². The topological polar surface area (TPSA) is 64.6 Å². The Labute approximate surface area is 535 Å². The van der Waals surface area contributed by atoms with Crippen molar-refractivity contribution in [3.05, 3.63) is 0 Å². The second-order valence-corrected chi connectivity index (χ2v) is 26.8. The first-order chi connectivity index (χ1) is 42.0. The summed E-state index contributed by atoms with van der Waals surface area (Å²) in [5.74, 6) is -1.58. The first kappa shape index (κ1) is 84.7. The Morgan fingerprint density at radius 2 is 0.376 bits per heavy atom. The van der Waals surface area contributed by atoms with Crippen molar-refractivity contribution in [1.29, 1.82) is 0 Å². The van der Waals surface area contributed by atoms with Gasteiger partial charge in [-0.2, -0.15) is 0 Å². The molecule has 0 heterocycles. The Kier molecular flexibility index (Phi) is 69.4. The minimum absolute atomic E-state index is 0.160. The maximum Gasteiger partial charge on any atom is 0.194 e. The number of unbranched alkanes of at least 4 members (excludes halogenated alkanes) is 48. The molecule has 7 heteroatoms. The van der Waals surface area contributed by atoms with Crippen molar-refractivity contribution in [3.8, 4) is 0 Å². The first-order valence-corrected chi connectivity index (χ1v) is 39.4. The molecule has 7 nitrogen and oxygen atoms in total. The fourth-order valence-electron chi connectivity index (χ4n) is 12.7. The van der Waals surface area contributed by atoms with Crippen LogP contribution in [0.25, 0.3) is 0 Å². The number of ether oxygens (including phenoxy) is 7. The quantitative estimate of drug-likeness (QED) is 0.0444. The Bertz CT molecular complexity index is 1090. The van der Waals surface area contributed by atoms with Crippen molar-refractivity contribution in [2.45, 2.75) is 464 Å². The molecular weight excluding hydrogens is 1050 g/mol. The maximum absolute atomic E-state index is 7.32. The fourth-order valence-corrected chi connectivity index (χ4v) is 12.7. The zero-order valence-electron chi connectivity index (χ0n) is 59.7. The summed E-state index contributed by atoms with van der Waals surface area (Å²) in [6, 6.07) is 0. The van der Waals surface area contributed by atoms with Crippen LogP contribution in [0.3, 0.4) is 0 Å². The van der Waals surface area contributed by atoms with Crippen molar-refractivity contribution in [2.75, 3.05) is 40.0 Å². The molecular formula is C78H158O7. The summed E-state index contributed by atoms with van der Waals surface area (Å²) in [5, 5.41) is 0. The molecule has 512 valence electrons. The van der Waals surface area contributed by atoms with Gasteiger partial charge in [0.2, 0.25) is 0 Å². The zero-order valence-corrected chi connectivity index (χ0v) is 59.7. The van der Waals surface area contributed by atoms with Crippen molar-refractivity contribution in [3.63, 3.8) is 0 Å². The van der Waals surface area contributed by atoms with Crippen LogP contribution in [-0.2, 0) is 33.2 Å². The van der Waals surface area contributed by atoms with E-state index in [4.69, 9.17) is 33.2 Å². The summed E-state index contributed by atoms with van der Waals surface area (Å²) in [7, 11) is 0. The van der Waals surface area contributed by atoms with Gasteiger partial charge < -0.3 is 33.2 Å². The fraction of sp³-hybridized carbons (Fsp3) is 1.00. The molecule has 0 aliphatic carbocycles. The largest absolute Gasteiger partial charge is 0.347 e. The van der Waals surface area contributed by atoms with Crippen molar-refractivity contribution in [2.24, 2.45) is 0 Å². The van der Waals surface area contributed by atoms with Crippen LogP contribution in [0.4, 0.5) is 0 Å². The average Bonchev–Trinajstić information content (AvgIpc) is 3.59. The zero-order chi connectivity index (χ0) is 61.8. The van der Waals surface area contributed by atoms with Crippen molar-refractivity contribution < 1.29 is 33.2 Å². The highest BCUT2D eigenvalue weighted by Crippen LogP contribution is 2.35. The molecule has 0 aliphatic heterocycles. The average molecular weight is 1210 g/mol. The van der Waals surface area contributed by atoms with E-state index in [9.17, 15) is 0 Å². The SMILES string of the molecule is CCCCCCCCCCCC(OCCCCCCCCC)(OCCCCCCCCC)C(CCCCCCC)OCOCOC(CCCCCCC)C(CCCCCCCCCCC)(OCCCCCCCCC)OCCCCCCCCC. The van der Waals surface area contributed by atoms with E-state index in [1.54, 1.807) is 0 Å². The molecule has 0 N–H and O–H groups in total. The molecule has 85 heavy (non-hydrogen) atoms. The van der Waals surface area contributed by atoms with E-state index in [2.05, 4.69) is 55.4 Å². The standard InChI is InChI=1S/C78H158O7/c1-9-17-25-33-39-41-43-51-59-67-77(82-69-61-53-45-35-27-19-11-3,83-70-62-54-46-36-28-20-12-4)75(65-57-49-31-23-15-7)80-73-79-74-81-76(66-58-50-32-24-16-8)78(84-71-63-55-47-37-29-21-13-5,85-72-64-56-48-38-30-22-14-6)68-60-52-44-42-40-34-26-18-10-2/h75-76H,9-74H2,1-8H3. The maximum atomic E-state index is 7.32. The smallest absolute Gasteiger partial charge is 0.194 e. The van der Waals surface area contributed by atoms with Gasteiger partial charge in [-0.1, -0.05) is 376 Å². The molecule has 0 saturated carbocycles. The molecule has 2 atom stereocenters. The van der Waals surface area contributed by atoms with Gasteiger partial charge in [0.15, 0.2) is 11.6 Å². The lowest BCUT2D eigenvalue weighted by molar-refractivity contribution is -0.325. The molecule has 0 spiro atoms. The Morgan fingerprint density at radius 1 is 0.200 bits per heavy atom. The molecule has 0 radical (unpaired) electrons. The minimum atomic E-state index is -0.792. The molecule has 0 aliphatic rings. The number of hydrogen-bond acceptors (Lipinski definition) is 7. The molecule has 0 bridgehead atoms. The van der Waals surface area contributed by atoms with Crippen LogP contribution in [-0.4, -0.2) is 63.8 Å². The van der Waals surface area contributed by atoms with E-state index in [1.165, 1.54) is 308 Å². The predicted molar refractivity (Wildman–Crippen MR) is 372 cm³/mol. The number of hydrogen-bond donors (Lipinski definition) is 0. The lowest BCUT2D eigenvalue weighted by atomic mass is 9.95. The van der Waals surface area contributed by atoms with Gasteiger partial charge >= 0.3 is 0 Å². The third kappa shape index (κ3) is 54.0. The lowest BCUT2D eigenvalue weighted by Gasteiger charge is -2.41. The third-order valence-electron chi connectivity index (χ3n) is 18.5. The molecule has 0 aromatic carbocycles. The van der Waals surface area contributed by atoms with Crippen LogP contribution in [0.2, 0.25) is 0 Å². The van der Waals surface area contributed by atoms with Crippen molar-refractivity contribution >= 4 is 0 Å². The van der Waals surface area contributed by atoms with Crippen LogP contribution in [0.15, 0.2) is 0 Å². The molecule has 0 fully saturated rings. The summed E-state index contributed by atoms with van der Waals surface area (Å²) >= 11 is 0. The van der Waals surface area contributed by atoms with E-state index < -0.39 is 11.6 Å². The summed E-state index contributed by atoms with van der Waals surface area (Å²) in [6.45, 7) is 21.7. The molecule has 2 unspecified atom stereocenters. The highest BCUT2D eigenvalue weighted by molar-refractivity contribution is 4.84. The molecule has 0 aromatic rings. The van der Waals surface area contributed by atoms with Crippen LogP contribution in [0.1, 0.15) is 441 Å². The second kappa shape index (κ2) is 69.6. The lowest BCUT2D eigenvalue weighted by Crippen LogP contribution is -2.50. The highest BCUT2D eigenvalue weighted by atomic mass is 16.8. The van der Waals surface area contributed by atoms with Crippen LogP contribution in [0, 0.1) is 0 Å². The van der Waals surface area contributed by atoms with Gasteiger partial charge in [-0.05, 0) is 51.4 Å². The van der Waals surface area contributed by atoms with E-state index in [0.717, 1.165) is 103 Å². The Morgan fingerprint density at radius 3 is 0.588 bits per heavy atom.